The maximum absolute atomic E-state index is 12.8. The van der Waals surface area contributed by atoms with Crippen molar-refractivity contribution in [3.63, 3.8) is 0 Å². The van der Waals surface area contributed by atoms with E-state index in [1.54, 1.807) is 6.07 Å². The van der Waals surface area contributed by atoms with E-state index in [-0.39, 0.29) is 11.3 Å². The summed E-state index contributed by atoms with van der Waals surface area (Å²) in [5.41, 5.74) is 3.76. The lowest BCUT2D eigenvalue weighted by Crippen LogP contribution is -2.49. The molecule has 1 aromatic carbocycles. The van der Waals surface area contributed by atoms with Gasteiger partial charge >= 0.3 is 0 Å². The van der Waals surface area contributed by atoms with E-state index < -0.39 is 0 Å². The summed E-state index contributed by atoms with van der Waals surface area (Å²) in [5.74, 6) is 2.50. The van der Waals surface area contributed by atoms with Crippen LogP contribution in [0.15, 0.2) is 36.5 Å². The number of nitrogens with zero attached hydrogens (tertiary/aromatic N) is 1. The molecule has 0 atom stereocenters. The third kappa shape index (κ3) is 3.06. The van der Waals surface area contributed by atoms with Crippen LogP contribution in [0.25, 0.3) is 0 Å². The van der Waals surface area contributed by atoms with Gasteiger partial charge in [0.05, 0.1) is 0 Å². The van der Waals surface area contributed by atoms with E-state index in [2.05, 4.69) is 5.32 Å². The number of anilines is 1. The van der Waals surface area contributed by atoms with Crippen LogP contribution in [0.1, 0.15) is 60.1 Å². The van der Waals surface area contributed by atoms with Crippen LogP contribution >= 0.6 is 11.6 Å². The van der Waals surface area contributed by atoms with Crippen molar-refractivity contribution >= 4 is 23.2 Å². The molecule has 4 saturated carbocycles. The van der Waals surface area contributed by atoms with Crippen LogP contribution < -0.4 is 5.32 Å². The van der Waals surface area contributed by atoms with Crippen molar-refractivity contribution in [3.8, 4) is 0 Å². The Bertz CT molecular complexity index is 872. The third-order valence-corrected chi connectivity index (χ3v) is 7.44. The number of carbonyl (C=O) groups is 1. The van der Waals surface area contributed by atoms with Gasteiger partial charge in [0.15, 0.2) is 0 Å². The zero-order valence-electron chi connectivity index (χ0n) is 15.7. The van der Waals surface area contributed by atoms with Gasteiger partial charge in [-0.15, -0.1) is 0 Å². The first-order valence-corrected chi connectivity index (χ1v) is 10.4. The van der Waals surface area contributed by atoms with Crippen LogP contribution in [-0.4, -0.2) is 10.9 Å². The molecule has 6 rings (SSSR count). The summed E-state index contributed by atoms with van der Waals surface area (Å²) in [7, 11) is 0. The van der Waals surface area contributed by atoms with Gasteiger partial charge in [0.1, 0.15) is 0 Å². The molecule has 27 heavy (non-hydrogen) atoms. The van der Waals surface area contributed by atoms with Gasteiger partial charge in [0.25, 0.3) is 5.91 Å². The Labute approximate surface area is 165 Å². The highest BCUT2D eigenvalue weighted by Gasteiger charge is 2.52. The van der Waals surface area contributed by atoms with Gasteiger partial charge in [0.2, 0.25) is 0 Å². The number of rotatable bonds is 3. The van der Waals surface area contributed by atoms with E-state index in [1.807, 2.05) is 37.4 Å². The molecule has 0 spiro atoms. The van der Waals surface area contributed by atoms with Crippen molar-refractivity contribution in [2.75, 3.05) is 5.32 Å². The van der Waals surface area contributed by atoms with E-state index >= 15 is 0 Å². The fraction of sp³-hybridized carbons (Fsp3) is 0.478. The predicted octanol–water partition coefficient (Wildman–Crippen LogP) is 5.76. The second-order valence-corrected chi connectivity index (χ2v) is 9.45. The van der Waals surface area contributed by atoms with Gasteiger partial charge in [-0.05, 0) is 93.0 Å². The molecule has 1 N–H and O–H groups in total. The molecule has 0 saturated heterocycles. The first-order chi connectivity index (χ1) is 13.0. The van der Waals surface area contributed by atoms with E-state index in [0.717, 1.165) is 34.7 Å². The molecular weight excluding hydrogens is 356 g/mol. The zero-order valence-corrected chi connectivity index (χ0v) is 16.4. The van der Waals surface area contributed by atoms with E-state index in [1.165, 1.54) is 38.5 Å². The molecule has 0 aliphatic heterocycles. The van der Waals surface area contributed by atoms with Crippen molar-refractivity contribution in [1.29, 1.82) is 0 Å². The minimum atomic E-state index is -0.0942. The molecule has 1 amide bonds. The normalized spacial score (nSPS) is 31.1. The summed E-state index contributed by atoms with van der Waals surface area (Å²) < 4.78 is 0. The Morgan fingerprint density at radius 1 is 1.07 bits per heavy atom. The van der Waals surface area contributed by atoms with Crippen LogP contribution in [0.2, 0.25) is 5.02 Å². The summed E-state index contributed by atoms with van der Waals surface area (Å²) >= 11 is 6.18. The monoisotopic (exact) mass is 380 g/mol. The molecule has 4 bridgehead atoms. The molecule has 4 fully saturated rings. The molecule has 140 valence electrons. The zero-order chi connectivity index (χ0) is 18.6. The van der Waals surface area contributed by atoms with Crippen LogP contribution in [0, 0.1) is 24.7 Å². The number of aromatic nitrogens is 1. The van der Waals surface area contributed by atoms with Crippen LogP contribution in [0.3, 0.4) is 0 Å². The molecule has 0 radical (unpaired) electrons. The molecule has 2 aromatic rings. The Morgan fingerprint density at radius 3 is 2.37 bits per heavy atom. The number of nitrogens with one attached hydrogen (secondary N) is 1. The maximum Gasteiger partial charge on any atom is 0.255 e. The Kier molecular flexibility index (Phi) is 4.05. The fourth-order valence-electron chi connectivity index (χ4n) is 6.16. The SMILES string of the molecule is Cc1ccc(NC(=O)c2ccnc(C34CC5CC(CC(C5)C3)C4)c2)cc1Cl. The van der Waals surface area contributed by atoms with Gasteiger partial charge < -0.3 is 5.32 Å². The lowest BCUT2D eigenvalue weighted by atomic mass is 9.48. The van der Waals surface area contributed by atoms with Crippen molar-refractivity contribution in [2.24, 2.45) is 17.8 Å². The van der Waals surface area contributed by atoms with Gasteiger partial charge in [-0.3, -0.25) is 9.78 Å². The summed E-state index contributed by atoms with van der Waals surface area (Å²) in [6.45, 7) is 1.95. The average molecular weight is 381 g/mol. The molecule has 4 aliphatic rings. The highest BCUT2D eigenvalue weighted by atomic mass is 35.5. The molecule has 0 unspecified atom stereocenters. The second-order valence-electron chi connectivity index (χ2n) is 9.05. The maximum atomic E-state index is 12.8. The minimum Gasteiger partial charge on any atom is -0.322 e. The smallest absolute Gasteiger partial charge is 0.255 e. The summed E-state index contributed by atoms with van der Waals surface area (Å²) in [6.07, 6.45) is 9.81. The molecule has 4 heteroatoms. The average Bonchev–Trinajstić information content (AvgIpc) is 2.64. The van der Waals surface area contributed by atoms with Crippen molar-refractivity contribution in [1.82, 2.24) is 4.98 Å². The highest BCUT2D eigenvalue weighted by Crippen LogP contribution is 2.60. The quantitative estimate of drug-likeness (QED) is 0.735. The Hall–Kier alpha value is -1.87. The first kappa shape index (κ1) is 17.2. The Balaban J connectivity index is 1.40. The highest BCUT2D eigenvalue weighted by molar-refractivity contribution is 6.31. The number of benzene rings is 1. The van der Waals surface area contributed by atoms with E-state index in [9.17, 15) is 4.79 Å². The van der Waals surface area contributed by atoms with Crippen LogP contribution in [-0.2, 0) is 5.41 Å². The topological polar surface area (TPSA) is 42.0 Å². The molecule has 4 aliphatic carbocycles. The number of hydrogen-bond donors (Lipinski definition) is 1. The van der Waals surface area contributed by atoms with Crippen molar-refractivity contribution < 1.29 is 4.79 Å². The molecule has 1 heterocycles. The standard InChI is InChI=1S/C23H25ClN2O/c1-14-2-3-19(10-20(14)24)26-22(27)18-4-5-25-21(9-18)23-11-15-6-16(12-23)8-17(7-15)13-23/h2-5,9-10,15-17H,6-8,11-13H2,1H3,(H,26,27). The lowest BCUT2D eigenvalue weighted by Gasteiger charge is -2.56. The van der Waals surface area contributed by atoms with Crippen molar-refractivity contribution in [2.45, 2.75) is 50.9 Å². The van der Waals surface area contributed by atoms with Crippen LogP contribution in [0.5, 0.6) is 0 Å². The Morgan fingerprint density at radius 2 is 1.74 bits per heavy atom. The number of carbonyl (C=O) groups excluding carboxylic acids is 1. The summed E-state index contributed by atoms with van der Waals surface area (Å²) in [6, 6.07) is 9.47. The summed E-state index contributed by atoms with van der Waals surface area (Å²) in [5, 5.41) is 3.64. The minimum absolute atomic E-state index is 0.0942. The van der Waals surface area contributed by atoms with Crippen LogP contribution in [0.4, 0.5) is 5.69 Å². The van der Waals surface area contributed by atoms with Gasteiger partial charge in [0, 0.05) is 33.6 Å². The lowest BCUT2D eigenvalue weighted by molar-refractivity contribution is -0.00721. The van der Waals surface area contributed by atoms with Gasteiger partial charge in [-0.25, -0.2) is 0 Å². The number of amides is 1. The number of hydrogen-bond acceptors (Lipinski definition) is 2. The van der Waals surface area contributed by atoms with E-state index in [0.29, 0.717) is 10.6 Å². The summed E-state index contributed by atoms with van der Waals surface area (Å²) in [4.78, 5) is 17.6. The fourth-order valence-corrected chi connectivity index (χ4v) is 6.34. The third-order valence-electron chi connectivity index (χ3n) is 7.03. The largest absolute Gasteiger partial charge is 0.322 e. The number of halogens is 1. The van der Waals surface area contributed by atoms with E-state index in [4.69, 9.17) is 16.6 Å². The van der Waals surface area contributed by atoms with Crippen molar-refractivity contribution in [3.05, 3.63) is 58.4 Å². The molecule has 3 nitrogen and oxygen atoms in total. The number of pyridine rings is 1. The van der Waals surface area contributed by atoms with Gasteiger partial charge in [-0.2, -0.15) is 0 Å². The molecule has 1 aromatic heterocycles. The number of aryl methyl sites for hydroxylation is 1. The predicted molar refractivity (Wildman–Crippen MR) is 108 cm³/mol. The first-order valence-electron chi connectivity index (χ1n) is 10.0. The second kappa shape index (κ2) is 6.34. The molecular formula is C23H25ClN2O. The van der Waals surface area contributed by atoms with Gasteiger partial charge in [-0.1, -0.05) is 17.7 Å².